The highest BCUT2D eigenvalue weighted by Crippen LogP contribution is 2.28. The predicted octanol–water partition coefficient (Wildman–Crippen LogP) is 2.28. The maximum Gasteiger partial charge on any atom is 0.252 e. The summed E-state index contributed by atoms with van der Waals surface area (Å²) in [4.78, 5) is 2.31. The van der Waals surface area contributed by atoms with Gasteiger partial charge in [-0.2, -0.15) is 4.31 Å². The van der Waals surface area contributed by atoms with Crippen LogP contribution in [0, 0.1) is 0 Å². The zero-order chi connectivity index (χ0) is 15.6. The Labute approximate surface area is 140 Å². The molecule has 3 heterocycles. The third-order valence-electron chi connectivity index (χ3n) is 4.21. The first-order valence-corrected chi connectivity index (χ1v) is 10.3. The van der Waals surface area contributed by atoms with Crippen molar-refractivity contribution in [1.82, 2.24) is 9.21 Å². The third-order valence-corrected chi connectivity index (χ3v) is 7.81. The minimum atomic E-state index is -3.39. The van der Waals surface area contributed by atoms with Gasteiger partial charge in [0.1, 0.15) is 4.21 Å². The summed E-state index contributed by atoms with van der Waals surface area (Å²) in [5.74, 6) is 0. The number of ether oxygens (including phenoxy) is 1. The van der Waals surface area contributed by atoms with Crippen LogP contribution >= 0.6 is 22.9 Å². The molecule has 0 unspecified atom stereocenters. The molecule has 0 radical (unpaired) electrons. The fourth-order valence-electron chi connectivity index (χ4n) is 2.96. The van der Waals surface area contributed by atoms with Crippen LogP contribution in [0.5, 0.6) is 0 Å². The fourth-order valence-corrected chi connectivity index (χ4v) is 6.01. The highest BCUT2D eigenvalue weighted by molar-refractivity contribution is 7.91. The second kappa shape index (κ2) is 7.15. The molecule has 8 heteroatoms. The Kier molecular flexibility index (Phi) is 5.42. The standard InChI is InChI=1S/C14H21ClN2O3S2/c15-13-4-5-14(21-13)22(18,19)17-8-6-16(7-9-17)11-12-3-1-2-10-20-12/h4-5,12H,1-3,6-11H2/t12-/m0/s1. The Hall–Kier alpha value is -0.180. The van der Waals surface area contributed by atoms with Gasteiger partial charge >= 0.3 is 0 Å². The Bertz CT molecular complexity index is 591. The highest BCUT2D eigenvalue weighted by Gasteiger charge is 2.30. The van der Waals surface area contributed by atoms with Gasteiger partial charge in [-0.25, -0.2) is 8.42 Å². The van der Waals surface area contributed by atoms with Crippen LogP contribution in [0.3, 0.4) is 0 Å². The van der Waals surface area contributed by atoms with Crippen LogP contribution in [0.15, 0.2) is 16.3 Å². The van der Waals surface area contributed by atoms with Gasteiger partial charge in [-0.15, -0.1) is 11.3 Å². The monoisotopic (exact) mass is 364 g/mol. The first-order chi connectivity index (χ1) is 10.6. The SMILES string of the molecule is O=S(=O)(c1ccc(Cl)s1)N1CCN(C[C@@H]2CCCCO2)CC1. The lowest BCUT2D eigenvalue weighted by Gasteiger charge is -2.36. The van der Waals surface area contributed by atoms with Crippen LogP contribution in [0.2, 0.25) is 4.34 Å². The number of piperazine rings is 1. The largest absolute Gasteiger partial charge is 0.377 e. The summed E-state index contributed by atoms with van der Waals surface area (Å²) in [6.07, 6.45) is 3.82. The van der Waals surface area contributed by atoms with Crippen molar-refractivity contribution in [2.24, 2.45) is 0 Å². The molecule has 5 nitrogen and oxygen atoms in total. The highest BCUT2D eigenvalue weighted by atomic mass is 35.5. The van der Waals surface area contributed by atoms with Crippen molar-refractivity contribution in [3.8, 4) is 0 Å². The van der Waals surface area contributed by atoms with E-state index in [4.69, 9.17) is 16.3 Å². The van der Waals surface area contributed by atoms with Crippen molar-refractivity contribution < 1.29 is 13.2 Å². The minimum absolute atomic E-state index is 0.313. The summed E-state index contributed by atoms with van der Waals surface area (Å²) in [7, 11) is -3.39. The molecule has 0 bridgehead atoms. The molecule has 1 aromatic rings. The van der Waals surface area contributed by atoms with Crippen LogP contribution < -0.4 is 0 Å². The molecular formula is C14H21ClN2O3S2. The quantitative estimate of drug-likeness (QED) is 0.822. The summed E-state index contributed by atoms with van der Waals surface area (Å²) >= 11 is 6.97. The molecule has 22 heavy (non-hydrogen) atoms. The number of halogens is 1. The lowest BCUT2D eigenvalue weighted by Crippen LogP contribution is -2.50. The Balaban J connectivity index is 1.55. The van der Waals surface area contributed by atoms with Crippen LogP contribution in [-0.2, 0) is 14.8 Å². The van der Waals surface area contributed by atoms with E-state index in [1.165, 1.54) is 6.42 Å². The molecule has 0 spiro atoms. The topological polar surface area (TPSA) is 49.9 Å². The van der Waals surface area contributed by atoms with Crippen molar-refractivity contribution in [2.45, 2.75) is 29.6 Å². The first-order valence-electron chi connectivity index (χ1n) is 7.65. The fraction of sp³-hybridized carbons (Fsp3) is 0.714. The van der Waals surface area contributed by atoms with E-state index in [0.29, 0.717) is 27.7 Å². The molecule has 2 aliphatic heterocycles. The molecule has 2 saturated heterocycles. The van der Waals surface area contributed by atoms with Crippen molar-refractivity contribution in [3.63, 3.8) is 0 Å². The summed E-state index contributed by atoms with van der Waals surface area (Å²) in [6.45, 7) is 4.36. The van der Waals surface area contributed by atoms with Gasteiger partial charge in [0.15, 0.2) is 0 Å². The maximum absolute atomic E-state index is 12.5. The molecular weight excluding hydrogens is 344 g/mol. The van der Waals surface area contributed by atoms with Gasteiger partial charge < -0.3 is 4.74 Å². The summed E-state index contributed by atoms with van der Waals surface area (Å²) < 4.78 is 33.2. The number of thiophene rings is 1. The molecule has 0 N–H and O–H groups in total. The van der Waals surface area contributed by atoms with E-state index in [2.05, 4.69) is 4.90 Å². The van der Waals surface area contributed by atoms with Crippen molar-refractivity contribution in [2.75, 3.05) is 39.3 Å². The smallest absolute Gasteiger partial charge is 0.252 e. The van der Waals surface area contributed by atoms with Gasteiger partial charge in [0.05, 0.1) is 10.4 Å². The first kappa shape index (κ1) is 16.7. The zero-order valence-corrected chi connectivity index (χ0v) is 14.8. The minimum Gasteiger partial charge on any atom is -0.377 e. The van der Waals surface area contributed by atoms with Gasteiger partial charge in [-0.05, 0) is 31.4 Å². The molecule has 0 aromatic carbocycles. The average Bonchev–Trinajstić information content (AvgIpc) is 2.96. The molecule has 0 aliphatic carbocycles. The number of rotatable bonds is 4. The molecule has 2 fully saturated rings. The molecule has 3 rings (SSSR count). The summed E-state index contributed by atoms with van der Waals surface area (Å²) in [5, 5.41) is 0. The van der Waals surface area contributed by atoms with E-state index >= 15 is 0 Å². The molecule has 2 aliphatic rings. The lowest BCUT2D eigenvalue weighted by atomic mass is 10.1. The normalized spacial score (nSPS) is 25.4. The van der Waals surface area contributed by atoms with Crippen LogP contribution in [0.1, 0.15) is 19.3 Å². The Morgan fingerprint density at radius 2 is 2.00 bits per heavy atom. The van der Waals surface area contributed by atoms with E-state index < -0.39 is 10.0 Å². The van der Waals surface area contributed by atoms with Crippen molar-refractivity contribution in [1.29, 1.82) is 0 Å². The second-order valence-corrected chi connectivity index (χ2v) is 9.63. The Morgan fingerprint density at radius 3 is 2.59 bits per heavy atom. The number of sulfonamides is 1. The predicted molar refractivity (Wildman–Crippen MR) is 88.1 cm³/mol. The number of hydrogen-bond acceptors (Lipinski definition) is 5. The van der Waals surface area contributed by atoms with Gasteiger partial charge in [0.2, 0.25) is 0 Å². The number of hydrogen-bond donors (Lipinski definition) is 0. The zero-order valence-electron chi connectivity index (χ0n) is 12.4. The molecule has 0 saturated carbocycles. The maximum atomic E-state index is 12.5. The molecule has 124 valence electrons. The van der Waals surface area contributed by atoms with E-state index in [0.717, 1.165) is 50.4 Å². The summed E-state index contributed by atoms with van der Waals surface area (Å²) in [5.41, 5.74) is 0. The summed E-state index contributed by atoms with van der Waals surface area (Å²) in [6, 6.07) is 3.22. The van der Waals surface area contributed by atoms with E-state index in [-0.39, 0.29) is 0 Å². The molecule has 1 aromatic heterocycles. The van der Waals surface area contributed by atoms with E-state index in [1.54, 1.807) is 16.4 Å². The molecule has 0 amide bonds. The average molecular weight is 365 g/mol. The van der Waals surface area contributed by atoms with Crippen molar-refractivity contribution in [3.05, 3.63) is 16.5 Å². The van der Waals surface area contributed by atoms with Crippen LogP contribution in [-0.4, -0.2) is 63.1 Å². The lowest BCUT2D eigenvalue weighted by molar-refractivity contribution is -0.0103. The van der Waals surface area contributed by atoms with E-state index in [1.807, 2.05) is 0 Å². The third kappa shape index (κ3) is 3.83. The second-order valence-electron chi connectivity index (χ2n) is 5.75. The van der Waals surface area contributed by atoms with Gasteiger partial charge in [-0.1, -0.05) is 11.6 Å². The van der Waals surface area contributed by atoms with Crippen molar-refractivity contribution >= 4 is 33.0 Å². The van der Waals surface area contributed by atoms with E-state index in [9.17, 15) is 8.42 Å². The Morgan fingerprint density at radius 1 is 1.23 bits per heavy atom. The number of nitrogens with zero attached hydrogens (tertiary/aromatic N) is 2. The van der Waals surface area contributed by atoms with Crippen LogP contribution in [0.4, 0.5) is 0 Å². The van der Waals surface area contributed by atoms with Crippen LogP contribution in [0.25, 0.3) is 0 Å². The van der Waals surface area contributed by atoms with Gasteiger partial charge in [0.25, 0.3) is 10.0 Å². The molecule has 1 atom stereocenters. The van der Waals surface area contributed by atoms with Gasteiger partial charge in [0, 0.05) is 39.3 Å². The van der Waals surface area contributed by atoms with Gasteiger partial charge in [-0.3, -0.25) is 4.90 Å².